The van der Waals surface area contributed by atoms with Gasteiger partial charge in [0.25, 0.3) is 0 Å². The number of nitrogens with zero attached hydrogens (tertiary/aromatic N) is 1. The average molecular weight is 288 g/mol. The van der Waals surface area contributed by atoms with Crippen molar-refractivity contribution in [3.8, 4) is 5.75 Å². The van der Waals surface area contributed by atoms with Gasteiger partial charge in [0, 0.05) is 24.0 Å². The molecule has 2 N–H and O–H groups in total. The molecule has 0 saturated carbocycles. The van der Waals surface area contributed by atoms with Gasteiger partial charge in [-0.1, -0.05) is 12.1 Å². The van der Waals surface area contributed by atoms with Crippen molar-refractivity contribution in [2.45, 2.75) is 19.4 Å². The van der Waals surface area contributed by atoms with Gasteiger partial charge >= 0.3 is 0 Å². The fourth-order valence-corrected chi connectivity index (χ4v) is 3.71. The quantitative estimate of drug-likeness (QED) is 0.877. The van der Waals surface area contributed by atoms with Crippen LogP contribution in [0.15, 0.2) is 35.7 Å². The van der Waals surface area contributed by atoms with E-state index in [1.807, 2.05) is 35.6 Å². The lowest BCUT2D eigenvalue weighted by Crippen LogP contribution is -2.36. The van der Waals surface area contributed by atoms with E-state index in [0.717, 1.165) is 25.3 Å². The number of rotatable bonds is 4. The first-order chi connectivity index (χ1) is 9.75. The van der Waals surface area contributed by atoms with Crippen molar-refractivity contribution in [2.24, 2.45) is 0 Å². The summed E-state index contributed by atoms with van der Waals surface area (Å²) in [4.78, 5) is 4.02. The van der Waals surface area contributed by atoms with Crippen LogP contribution in [0, 0.1) is 0 Å². The van der Waals surface area contributed by atoms with Crippen molar-refractivity contribution in [2.75, 3.05) is 25.4 Å². The highest BCUT2D eigenvalue weighted by atomic mass is 32.1. The van der Waals surface area contributed by atoms with E-state index in [1.165, 1.54) is 5.56 Å². The van der Waals surface area contributed by atoms with Gasteiger partial charge in [0.2, 0.25) is 0 Å². The van der Waals surface area contributed by atoms with E-state index in [4.69, 9.17) is 10.5 Å². The van der Waals surface area contributed by atoms with Gasteiger partial charge in [-0.2, -0.15) is 0 Å². The highest BCUT2D eigenvalue weighted by Gasteiger charge is 2.24. The Morgan fingerprint density at radius 2 is 2.20 bits per heavy atom. The summed E-state index contributed by atoms with van der Waals surface area (Å²) in [6, 6.07) is 10.4. The molecule has 2 aromatic rings. The molecule has 1 aliphatic rings. The first-order valence-corrected chi connectivity index (χ1v) is 7.91. The highest BCUT2D eigenvalue weighted by Crippen LogP contribution is 2.32. The van der Waals surface area contributed by atoms with Crippen LogP contribution in [-0.4, -0.2) is 24.6 Å². The van der Waals surface area contributed by atoms with Crippen molar-refractivity contribution in [1.82, 2.24) is 4.90 Å². The predicted octanol–water partition coefficient (Wildman–Crippen LogP) is 3.33. The molecule has 1 atom stereocenters. The maximum Gasteiger partial charge on any atom is 0.142 e. The Hall–Kier alpha value is -1.52. The van der Waals surface area contributed by atoms with Gasteiger partial charge in [-0.05, 0) is 42.5 Å². The molecule has 2 heterocycles. The maximum atomic E-state index is 5.88. The number of anilines is 1. The van der Waals surface area contributed by atoms with E-state index in [-0.39, 0.29) is 0 Å². The average Bonchev–Trinajstić information content (AvgIpc) is 2.93. The molecule has 4 heteroatoms. The number of benzene rings is 1. The van der Waals surface area contributed by atoms with Crippen LogP contribution in [0.4, 0.5) is 5.69 Å². The topological polar surface area (TPSA) is 38.5 Å². The Morgan fingerprint density at radius 1 is 1.35 bits per heavy atom. The molecule has 0 bridgehead atoms. The first kappa shape index (κ1) is 13.5. The minimum atomic E-state index is 0.488. The van der Waals surface area contributed by atoms with Gasteiger partial charge in [-0.25, -0.2) is 0 Å². The van der Waals surface area contributed by atoms with Gasteiger partial charge in [-0.15, -0.1) is 11.3 Å². The van der Waals surface area contributed by atoms with Crippen molar-refractivity contribution in [3.05, 3.63) is 46.2 Å². The molecule has 0 radical (unpaired) electrons. The molecule has 1 unspecified atom stereocenters. The monoisotopic (exact) mass is 288 g/mol. The molecule has 0 fully saturated rings. The number of ether oxygens (including phenoxy) is 1. The molecule has 1 aliphatic heterocycles. The number of hydrogen-bond acceptors (Lipinski definition) is 4. The van der Waals surface area contributed by atoms with Gasteiger partial charge in [0.05, 0.1) is 5.69 Å². The number of thiophene rings is 1. The Kier molecular flexibility index (Phi) is 3.94. The molecule has 3 nitrogen and oxygen atoms in total. The number of nitrogens with two attached hydrogens (primary N) is 1. The third-order valence-corrected chi connectivity index (χ3v) is 4.96. The minimum absolute atomic E-state index is 0.488. The normalized spacial score (nSPS) is 18.8. The summed E-state index contributed by atoms with van der Waals surface area (Å²) in [5.74, 6) is 0.786. The third-order valence-electron chi connectivity index (χ3n) is 3.96. The van der Waals surface area contributed by atoms with Crippen LogP contribution < -0.4 is 10.5 Å². The summed E-state index contributed by atoms with van der Waals surface area (Å²) >= 11 is 1.88. The largest absolute Gasteiger partial charge is 0.490 e. The third kappa shape index (κ3) is 2.67. The van der Waals surface area contributed by atoms with Crippen LogP contribution in [-0.2, 0) is 6.42 Å². The molecule has 3 rings (SSSR count). The highest BCUT2D eigenvalue weighted by molar-refractivity contribution is 7.10. The number of para-hydroxylation sites is 2. The Balaban J connectivity index is 1.56. The van der Waals surface area contributed by atoms with Crippen LogP contribution in [0.5, 0.6) is 5.75 Å². The zero-order valence-corrected chi connectivity index (χ0v) is 12.5. The molecule has 106 valence electrons. The summed E-state index contributed by atoms with van der Waals surface area (Å²) < 4.78 is 5.79. The van der Waals surface area contributed by atoms with Crippen LogP contribution in [0.3, 0.4) is 0 Å². The van der Waals surface area contributed by atoms with Crippen LogP contribution >= 0.6 is 11.3 Å². The molecule has 0 aliphatic carbocycles. The molecular weight excluding hydrogens is 268 g/mol. The van der Waals surface area contributed by atoms with Gasteiger partial charge < -0.3 is 10.5 Å². The summed E-state index contributed by atoms with van der Waals surface area (Å²) in [6.07, 6.45) is 1.16. The molecule has 20 heavy (non-hydrogen) atoms. The van der Waals surface area contributed by atoms with E-state index in [1.54, 1.807) is 4.88 Å². The Labute approximate surface area is 124 Å². The van der Waals surface area contributed by atoms with E-state index in [9.17, 15) is 0 Å². The second-order valence-corrected chi connectivity index (χ2v) is 6.15. The van der Waals surface area contributed by atoms with Crippen molar-refractivity contribution in [3.63, 3.8) is 0 Å². The van der Waals surface area contributed by atoms with Gasteiger partial charge in [0.1, 0.15) is 12.4 Å². The summed E-state index contributed by atoms with van der Waals surface area (Å²) in [7, 11) is 0. The predicted molar refractivity (Wildman–Crippen MR) is 84.4 cm³/mol. The fraction of sp³-hybridized carbons (Fsp3) is 0.375. The fourth-order valence-electron chi connectivity index (χ4n) is 2.75. The van der Waals surface area contributed by atoms with Crippen molar-refractivity contribution < 1.29 is 4.74 Å². The Bertz CT molecular complexity index is 581. The number of nitrogen functional groups attached to an aromatic ring is 1. The van der Waals surface area contributed by atoms with E-state index in [0.29, 0.717) is 18.3 Å². The summed E-state index contributed by atoms with van der Waals surface area (Å²) in [5.41, 5.74) is 8.07. The van der Waals surface area contributed by atoms with Gasteiger partial charge in [-0.3, -0.25) is 4.90 Å². The lowest BCUT2D eigenvalue weighted by molar-refractivity contribution is 0.161. The molecule has 0 spiro atoms. The van der Waals surface area contributed by atoms with Gasteiger partial charge in [0.15, 0.2) is 0 Å². The van der Waals surface area contributed by atoms with Crippen LogP contribution in [0.2, 0.25) is 0 Å². The van der Waals surface area contributed by atoms with E-state index < -0.39 is 0 Å². The lowest BCUT2D eigenvalue weighted by Gasteiger charge is -2.33. The second-order valence-electron chi connectivity index (χ2n) is 5.15. The number of hydrogen-bond donors (Lipinski definition) is 1. The second kappa shape index (κ2) is 5.85. The van der Waals surface area contributed by atoms with E-state index in [2.05, 4.69) is 23.3 Å². The zero-order valence-electron chi connectivity index (χ0n) is 11.7. The SMILES string of the molecule is CC1c2ccsc2CCN1CCOc1ccccc1N. The zero-order chi connectivity index (χ0) is 13.9. The number of fused-ring (bicyclic) bond motifs is 1. The summed E-state index contributed by atoms with van der Waals surface area (Å²) in [6.45, 7) is 5.01. The first-order valence-electron chi connectivity index (χ1n) is 7.03. The molecule has 1 aromatic carbocycles. The molecule has 0 saturated heterocycles. The minimum Gasteiger partial charge on any atom is -0.490 e. The Morgan fingerprint density at radius 3 is 3.05 bits per heavy atom. The standard InChI is InChI=1S/C16H20N2OS/c1-12-13-7-11-20-16(13)6-8-18(12)9-10-19-15-5-3-2-4-14(15)17/h2-5,7,11-12H,6,8-10,17H2,1H3. The van der Waals surface area contributed by atoms with Crippen molar-refractivity contribution in [1.29, 1.82) is 0 Å². The van der Waals surface area contributed by atoms with Crippen molar-refractivity contribution >= 4 is 17.0 Å². The van der Waals surface area contributed by atoms with Crippen LogP contribution in [0.1, 0.15) is 23.4 Å². The van der Waals surface area contributed by atoms with Crippen LogP contribution in [0.25, 0.3) is 0 Å². The smallest absolute Gasteiger partial charge is 0.142 e. The molecule has 1 aromatic heterocycles. The lowest BCUT2D eigenvalue weighted by atomic mass is 10.0. The molecule has 0 amide bonds. The maximum absolute atomic E-state index is 5.88. The summed E-state index contributed by atoms with van der Waals surface area (Å²) in [5, 5.41) is 2.20. The molecular formula is C16H20N2OS. The van der Waals surface area contributed by atoms with E-state index >= 15 is 0 Å².